The molecule has 0 radical (unpaired) electrons. The first-order valence-electron chi connectivity index (χ1n) is 10.1. The van der Waals surface area contributed by atoms with Gasteiger partial charge in [-0.1, -0.05) is 68.4 Å². The molecule has 0 bridgehead atoms. The van der Waals surface area contributed by atoms with Crippen molar-refractivity contribution in [1.29, 1.82) is 0 Å². The lowest BCUT2D eigenvalue weighted by molar-refractivity contribution is 0.667. The second-order valence-electron chi connectivity index (χ2n) is 8.67. The molecule has 1 aliphatic carbocycles. The summed E-state index contributed by atoms with van der Waals surface area (Å²) in [5, 5.41) is 5.46. The summed E-state index contributed by atoms with van der Waals surface area (Å²) in [7, 11) is 0. The number of fused-ring (bicyclic) bond motifs is 11. The van der Waals surface area contributed by atoms with Gasteiger partial charge in [-0.25, -0.2) is 0 Å². The number of hydrogen-bond donors (Lipinski definition) is 1. The van der Waals surface area contributed by atoms with E-state index in [4.69, 9.17) is 0 Å². The molecule has 0 aliphatic heterocycles. The quantitative estimate of drug-likeness (QED) is 0.271. The van der Waals surface area contributed by atoms with Crippen LogP contribution in [0.1, 0.15) is 25.0 Å². The fourth-order valence-electron chi connectivity index (χ4n) is 5.51. The van der Waals surface area contributed by atoms with Crippen LogP contribution in [0.3, 0.4) is 0 Å². The number of rotatable bonds is 0. The highest BCUT2D eigenvalue weighted by Gasteiger charge is 2.37. The van der Waals surface area contributed by atoms with E-state index in [-0.39, 0.29) is 5.41 Å². The van der Waals surface area contributed by atoms with Crippen molar-refractivity contribution in [2.24, 2.45) is 0 Å². The van der Waals surface area contributed by atoms with E-state index in [1.165, 1.54) is 64.2 Å². The number of H-pyrrole nitrogens is 1. The van der Waals surface area contributed by atoms with Crippen molar-refractivity contribution < 1.29 is 0 Å². The number of aromatic nitrogens is 1. The van der Waals surface area contributed by atoms with E-state index in [0.717, 1.165) is 0 Å². The topological polar surface area (TPSA) is 15.8 Å². The maximum absolute atomic E-state index is 3.61. The lowest BCUT2D eigenvalue weighted by Gasteiger charge is -2.22. The summed E-state index contributed by atoms with van der Waals surface area (Å²) in [5.41, 5.74) is 8.18. The predicted octanol–water partition coefficient (Wildman–Crippen LogP) is 8.00. The van der Waals surface area contributed by atoms with Crippen LogP contribution in [0, 0.1) is 0 Å². The zero-order valence-electron chi connectivity index (χ0n) is 16.3. The molecule has 1 N–H and O–H groups in total. The van der Waals surface area contributed by atoms with Crippen LogP contribution in [0.2, 0.25) is 0 Å². The molecule has 2 aromatic heterocycles. The van der Waals surface area contributed by atoms with Crippen LogP contribution in [0.4, 0.5) is 0 Å². The van der Waals surface area contributed by atoms with E-state index >= 15 is 0 Å². The molecule has 0 unspecified atom stereocenters. The van der Waals surface area contributed by atoms with E-state index in [1.807, 2.05) is 11.3 Å². The Hall–Kier alpha value is -3.10. The van der Waals surface area contributed by atoms with Gasteiger partial charge in [-0.15, -0.1) is 11.3 Å². The molecule has 4 aromatic carbocycles. The predicted molar refractivity (Wildman–Crippen MR) is 126 cm³/mol. The minimum Gasteiger partial charge on any atom is -0.354 e. The smallest absolute Gasteiger partial charge is 0.0472 e. The lowest BCUT2D eigenvalue weighted by atomic mass is 9.82. The fraction of sp³-hybridized carbons (Fsp3) is 0.111. The van der Waals surface area contributed by atoms with Gasteiger partial charge in [-0.3, -0.25) is 0 Å². The molecule has 1 nitrogen and oxygen atoms in total. The van der Waals surface area contributed by atoms with Gasteiger partial charge in [0.25, 0.3) is 0 Å². The normalized spacial score (nSPS) is 14.8. The van der Waals surface area contributed by atoms with Crippen LogP contribution in [0.5, 0.6) is 0 Å². The molecule has 1 aliphatic rings. The molecule has 2 heterocycles. The average Bonchev–Trinajstić information content (AvgIpc) is 3.36. The van der Waals surface area contributed by atoms with Crippen molar-refractivity contribution in [3.63, 3.8) is 0 Å². The standard InChI is InChI=1S/C27H19NS/c1-27(2)19-9-5-3-7-15(19)16-11-12-18-24-22(29-26(18)25(16)27)14-13-21-23(24)17-8-4-6-10-20(17)28-21/h3-14,28H,1-2H3. The Bertz CT molecular complexity index is 1630. The van der Waals surface area contributed by atoms with Crippen LogP contribution in [0.15, 0.2) is 72.8 Å². The largest absolute Gasteiger partial charge is 0.354 e. The van der Waals surface area contributed by atoms with Crippen molar-refractivity contribution in [3.8, 4) is 11.1 Å². The zero-order valence-corrected chi connectivity index (χ0v) is 17.2. The van der Waals surface area contributed by atoms with Gasteiger partial charge >= 0.3 is 0 Å². The molecule has 29 heavy (non-hydrogen) atoms. The summed E-state index contributed by atoms with van der Waals surface area (Å²) in [6.45, 7) is 4.76. The summed E-state index contributed by atoms with van der Waals surface area (Å²) < 4.78 is 2.81. The van der Waals surface area contributed by atoms with Crippen LogP contribution in [0.25, 0.3) is 53.1 Å². The van der Waals surface area contributed by atoms with Crippen molar-refractivity contribution in [2.45, 2.75) is 19.3 Å². The second-order valence-corrected chi connectivity index (χ2v) is 9.72. The first kappa shape index (κ1) is 15.8. The summed E-state index contributed by atoms with van der Waals surface area (Å²) in [6.07, 6.45) is 0. The third-order valence-corrected chi connectivity index (χ3v) is 7.98. The summed E-state index contributed by atoms with van der Waals surface area (Å²) >= 11 is 1.95. The minimum absolute atomic E-state index is 0.0195. The number of nitrogens with one attached hydrogen (secondary N) is 1. The Balaban J connectivity index is 1.70. The van der Waals surface area contributed by atoms with Crippen LogP contribution in [-0.2, 0) is 5.41 Å². The van der Waals surface area contributed by atoms with Crippen molar-refractivity contribution in [3.05, 3.63) is 83.9 Å². The van der Waals surface area contributed by atoms with Crippen molar-refractivity contribution in [1.82, 2.24) is 4.98 Å². The van der Waals surface area contributed by atoms with Crippen LogP contribution < -0.4 is 0 Å². The van der Waals surface area contributed by atoms with Crippen molar-refractivity contribution in [2.75, 3.05) is 0 Å². The molecule has 0 atom stereocenters. The van der Waals surface area contributed by atoms with Gasteiger partial charge in [0.1, 0.15) is 0 Å². The maximum atomic E-state index is 3.61. The summed E-state index contributed by atoms with van der Waals surface area (Å²) in [5.74, 6) is 0. The third kappa shape index (κ3) is 1.81. The second kappa shape index (κ2) is 5.08. The average molecular weight is 390 g/mol. The van der Waals surface area contributed by atoms with Gasteiger partial charge in [0.2, 0.25) is 0 Å². The number of aromatic amines is 1. The van der Waals surface area contributed by atoms with E-state index in [1.54, 1.807) is 0 Å². The Kier molecular flexibility index (Phi) is 2.77. The van der Waals surface area contributed by atoms with Gasteiger partial charge in [0.15, 0.2) is 0 Å². The Morgan fingerprint density at radius 3 is 2.45 bits per heavy atom. The maximum Gasteiger partial charge on any atom is 0.0472 e. The highest BCUT2D eigenvalue weighted by molar-refractivity contribution is 7.26. The molecule has 2 heteroatoms. The number of hydrogen-bond acceptors (Lipinski definition) is 1. The molecular weight excluding hydrogens is 370 g/mol. The molecule has 0 saturated heterocycles. The molecule has 6 aromatic rings. The number of para-hydroxylation sites is 1. The highest BCUT2D eigenvalue weighted by Crippen LogP contribution is 2.54. The molecule has 0 amide bonds. The molecule has 0 fully saturated rings. The molecule has 0 spiro atoms. The molecule has 0 saturated carbocycles. The van der Waals surface area contributed by atoms with Gasteiger partial charge in [0.05, 0.1) is 0 Å². The minimum atomic E-state index is 0.0195. The van der Waals surface area contributed by atoms with E-state index in [2.05, 4.69) is 91.6 Å². The summed E-state index contributed by atoms with van der Waals surface area (Å²) in [6, 6.07) is 26.8. The first-order chi connectivity index (χ1) is 14.1. The third-order valence-electron chi connectivity index (χ3n) is 6.79. The fourth-order valence-corrected chi connectivity index (χ4v) is 6.93. The molecule has 7 rings (SSSR count). The Morgan fingerprint density at radius 1 is 0.690 bits per heavy atom. The molecule has 138 valence electrons. The summed E-state index contributed by atoms with van der Waals surface area (Å²) in [4.78, 5) is 3.61. The van der Waals surface area contributed by atoms with E-state index in [9.17, 15) is 0 Å². The van der Waals surface area contributed by atoms with E-state index in [0.29, 0.717) is 0 Å². The van der Waals surface area contributed by atoms with Crippen molar-refractivity contribution >= 4 is 53.3 Å². The van der Waals surface area contributed by atoms with Gasteiger partial charge < -0.3 is 4.98 Å². The van der Waals surface area contributed by atoms with Gasteiger partial charge in [-0.05, 0) is 40.5 Å². The Morgan fingerprint density at radius 2 is 1.52 bits per heavy atom. The highest BCUT2D eigenvalue weighted by atomic mass is 32.1. The number of benzene rings is 4. The van der Waals surface area contributed by atoms with Crippen LogP contribution in [-0.4, -0.2) is 4.98 Å². The van der Waals surface area contributed by atoms with Crippen LogP contribution >= 0.6 is 11.3 Å². The first-order valence-corrected chi connectivity index (χ1v) is 11.0. The Labute approximate surface area is 172 Å². The van der Waals surface area contributed by atoms with Gasteiger partial charge in [-0.2, -0.15) is 0 Å². The van der Waals surface area contributed by atoms with Gasteiger partial charge in [0, 0.05) is 47.4 Å². The lowest BCUT2D eigenvalue weighted by Crippen LogP contribution is -2.14. The SMILES string of the molecule is CC1(C)c2ccccc2-c2ccc3c(sc4ccc5[nH]c6ccccc6c5c43)c21. The van der Waals surface area contributed by atoms with E-state index < -0.39 is 0 Å². The number of thiophene rings is 1. The monoisotopic (exact) mass is 389 g/mol. The zero-order chi connectivity index (χ0) is 19.3. The molecular formula is C27H19NS.